The Morgan fingerprint density at radius 1 is 1.32 bits per heavy atom. The number of ether oxygens (including phenoxy) is 1. The molecule has 1 aromatic heterocycles. The maximum absolute atomic E-state index is 12.6. The average molecular weight is 347 g/mol. The lowest BCUT2D eigenvalue weighted by molar-refractivity contribution is -0.135. The number of hydrogen-bond acceptors (Lipinski definition) is 4. The summed E-state index contributed by atoms with van der Waals surface area (Å²) in [5.41, 5.74) is 0.920. The molecule has 1 aliphatic heterocycles. The summed E-state index contributed by atoms with van der Waals surface area (Å²) in [4.78, 5) is 30.4. The van der Waals surface area contributed by atoms with E-state index in [0.717, 1.165) is 25.0 Å². The summed E-state index contributed by atoms with van der Waals surface area (Å²) in [6.07, 6.45) is 5.91. The Morgan fingerprint density at radius 2 is 2.04 bits per heavy atom. The minimum Gasteiger partial charge on any atom is -0.376 e. The van der Waals surface area contributed by atoms with Crippen molar-refractivity contribution in [1.29, 1.82) is 0 Å². The molecule has 25 heavy (non-hydrogen) atoms. The van der Waals surface area contributed by atoms with Crippen LogP contribution in [0.1, 0.15) is 45.6 Å². The smallest absolute Gasteiger partial charge is 0.242 e. The maximum atomic E-state index is 12.6. The molecule has 0 saturated carbocycles. The Bertz CT molecular complexity index is 563. The van der Waals surface area contributed by atoms with E-state index in [-0.39, 0.29) is 29.9 Å². The van der Waals surface area contributed by atoms with Crippen molar-refractivity contribution in [1.82, 2.24) is 15.2 Å². The molecule has 0 bridgehead atoms. The van der Waals surface area contributed by atoms with Crippen molar-refractivity contribution in [3.05, 3.63) is 30.1 Å². The van der Waals surface area contributed by atoms with Gasteiger partial charge in [-0.2, -0.15) is 0 Å². The van der Waals surface area contributed by atoms with Crippen LogP contribution in [0.2, 0.25) is 0 Å². The van der Waals surface area contributed by atoms with E-state index in [4.69, 9.17) is 4.74 Å². The lowest BCUT2D eigenvalue weighted by Crippen LogP contribution is -2.43. The molecule has 1 saturated heterocycles. The number of nitrogens with zero attached hydrogens (tertiary/aromatic N) is 2. The lowest BCUT2D eigenvalue weighted by atomic mass is 9.92. The molecule has 138 valence electrons. The Hall–Kier alpha value is -1.95. The molecule has 1 aromatic rings. The number of aromatic nitrogens is 1. The van der Waals surface area contributed by atoms with Crippen LogP contribution in [0.4, 0.5) is 0 Å². The largest absolute Gasteiger partial charge is 0.376 e. The van der Waals surface area contributed by atoms with Gasteiger partial charge in [0.05, 0.1) is 12.6 Å². The maximum Gasteiger partial charge on any atom is 0.242 e. The first-order valence-corrected chi connectivity index (χ1v) is 8.88. The van der Waals surface area contributed by atoms with Crippen LogP contribution in [-0.4, -0.2) is 47.5 Å². The average Bonchev–Trinajstić information content (AvgIpc) is 3.04. The van der Waals surface area contributed by atoms with E-state index in [2.05, 4.69) is 10.3 Å². The highest BCUT2D eigenvalue weighted by Gasteiger charge is 2.23. The molecule has 1 fully saturated rings. The summed E-state index contributed by atoms with van der Waals surface area (Å²) in [5, 5.41) is 2.75. The summed E-state index contributed by atoms with van der Waals surface area (Å²) in [6, 6.07) is 3.79. The zero-order valence-corrected chi connectivity index (χ0v) is 15.5. The predicted molar refractivity (Wildman–Crippen MR) is 95.7 cm³/mol. The van der Waals surface area contributed by atoms with E-state index in [1.165, 1.54) is 0 Å². The zero-order chi connectivity index (χ0) is 18.3. The zero-order valence-electron chi connectivity index (χ0n) is 15.5. The molecule has 0 spiro atoms. The van der Waals surface area contributed by atoms with Crippen molar-refractivity contribution in [3.63, 3.8) is 0 Å². The van der Waals surface area contributed by atoms with E-state index < -0.39 is 0 Å². The third-order valence-corrected chi connectivity index (χ3v) is 4.05. The summed E-state index contributed by atoms with van der Waals surface area (Å²) in [7, 11) is 0. The van der Waals surface area contributed by atoms with Gasteiger partial charge >= 0.3 is 0 Å². The second-order valence-corrected chi connectivity index (χ2v) is 7.78. The Kier molecular flexibility index (Phi) is 6.93. The Morgan fingerprint density at radius 3 is 2.64 bits per heavy atom. The van der Waals surface area contributed by atoms with Crippen molar-refractivity contribution < 1.29 is 14.3 Å². The highest BCUT2D eigenvalue weighted by Crippen LogP contribution is 2.18. The van der Waals surface area contributed by atoms with Crippen LogP contribution >= 0.6 is 0 Å². The first-order valence-electron chi connectivity index (χ1n) is 8.88. The van der Waals surface area contributed by atoms with Crippen LogP contribution in [0.25, 0.3) is 0 Å². The molecule has 1 atom stereocenters. The molecule has 6 heteroatoms. The van der Waals surface area contributed by atoms with Crippen molar-refractivity contribution in [2.24, 2.45) is 5.41 Å². The minimum atomic E-state index is -0.0957. The van der Waals surface area contributed by atoms with E-state index in [1.54, 1.807) is 17.3 Å². The fourth-order valence-corrected chi connectivity index (χ4v) is 2.83. The van der Waals surface area contributed by atoms with Crippen LogP contribution < -0.4 is 5.32 Å². The van der Waals surface area contributed by atoms with Crippen LogP contribution in [0.3, 0.4) is 0 Å². The first-order chi connectivity index (χ1) is 11.8. The third-order valence-electron chi connectivity index (χ3n) is 4.05. The van der Waals surface area contributed by atoms with Gasteiger partial charge < -0.3 is 15.0 Å². The standard InChI is InChI=1S/C19H29N3O3/c1-19(2,3)11-17(23)21-12-18(24)22(14-16-5-4-10-25-16)13-15-6-8-20-9-7-15/h6-9,16H,4-5,10-14H2,1-3H3,(H,21,23)/t16-/m1/s1. The van der Waals surface area contributed by atoms with Crippen molar-refractivity contribution >= 4 is 11.8 Å². The molecule has 0 aliphatic carbocycles. The molecule has 6 nitrogen and oxygen atoms in total. The van der Waals surface area contributed by atoms with Gasteiger partial charge in [0.1, 0.15) is 0 Å². The summed E-state index contributed by atoms with van der Waals surface area (Å²) >= 11 is 0. The number of pyridine rings is 1. The summed E-state index contributed by atoms with van der Waals surface area (Å²) in [5.74, 6) is -0.184. The molecule has 0 radical (unpaired) electrons. The van der Waals surface area contributed by atoms with Gasteiger partial charge in [-0.05, 0) is 36.0 Å². The first kappa shape index (κ1) is 19.4. The van der Waals surface area contributed by atoms with Gasteiger partial charge in [-0.1, -0.05) is 20.8 Å². The number of carbonyl (C=O) groups excluding carboxylic acids is 2. The number of hydrogen-bond donors (Lipinski definition) is 1. The third kappa shape index (κ3) is 7.22. The van der Waals surface area contributed by atoms with Crippen LogP contribution in [-0.2, 0) is 20.9 Å². The van der Waals surface area contributed by atoms with Crippen LogP contribution in [0, 0.1) is 5.41 Å². The number of carbonyl (C=O) groups is 2. The highest BCUT2D eigenvalue weighted by atomic mass is 16.5. The SMILES string of the molecule is CC(C)(C)CC(=O)NCC(=O)N(Cc1ccncc1)C[C@H]1CCCO1. The Labute approximate surface area is 150 Å². The lowest BCUT2D eigenvalue weighted by Gasteiger charge is -2.26. The van der Waals surface area contributed by atoms with Gasteiger partial charge in [-0.25, -0.2) is 0 Å². The normalized spacial score (nSPS) is 17.3. The van der Waals surface area contributed by atoms with Gasteiger partial charge in [0.2, 0.25) is 11.8 Å². The number of nitrogens with one attached hydrogen (secondary N) is 1. The molecule has 1 aliphatic rings. The molecular formula is C19H29N3O3. The van der Waals surface area contributed by atoms with Crippen molar-refractivity contribution in [2.45, 2.75) is 52.7 Å². The van der Waals surface area contributed by atoms with Gasteiger partial charge in [0.25, 0.3) is 0 Å². The van der Waals surface area contributed by atoms with Gasteiger partial charge in [0, 0.05) is 38.5 Å². The molecule has 2 rings (SSSR count). The summed E-state index contributed by atoms with van der Waals surface area (Å²) < 4.78 is 5.67. The predicted octanol–water partition coefficient (Wildman–Crippen LogP) is 2.14. The minimum absolute atomic E-state index is 0.0206. The van der Waals surface area contributed by atoms with Crippen LogP contribution in [0.15, 0.2) is 24.5 Å². The molecule has 2 amide bonds. The molecule has 1 N–H and O–H groups in total. The monoisotopic (exact) mass is 347 g/mol. The number of rotatable bonds is 7. The molecule has 0 unspecified atom stereocenters. The molecule has 0 aromatic carbocycles. The van der Waals surface area contributed by atoms with Gasteiger partial charge in [0.15, 0.2) is 0 Å². The second kappa shape index (κ2) is 8.94. The van der Waals surface area contributed by atoms with E-state index in [1.807, 2.05) is 32.9 Å². The Balaban J connectivity index is 1.93. The quantitative estimate of drug-likeness (QED) is 0.820. The molecular weight excluding hydrogens is 318 g/mol. The van der Waals surface area contributed by atoms with E-state index in [9.17, 15) is 9.59 Å². The van der Waals surface area contributed by atoms with E-state index >= 15 is 0 Å². The highest BCUT2D eigenvalue weighted by molar-refractivity contribution is 5.85. The van der Waals surface area contributed by atoms with Crippen molar-refractivity contribution in [2.75, 3.05) is 19.7 Å². The van der Waals surface area contributed by atoms with Crippen LogP contribution in [0.5, 0.6) is 0 Å². The fourth-order valence-electron chi connectivity index (χ4n) is 2.83. The summed E-state index contributed by atoms with van der Waals surface area (Å²) in [6.45, 7) is 7.83. The molecule has 2 heterocycles. The van der Waals surface area contributed by atoms with E-state index in [0.29, 0.717) is 19.5 Å². The number of amides is 2. The fraction of sp³-hybridized carbons (Fsp3) is 0.632. The van der Waals surface area contributed by atoms with Gasteiger partial charge in [-0.15, -0.1) is 0 Å². The second-order valence-electron chi connectivity index (χ2n) is 7.78. The van der Waals surface area contributed by atoms with Gasteiger partial charge in [-0.3, -0.25) is 14.6 Å². The topological polar surface area (TPSA) is 71.5 Å². The van der Waals surface area contributed by atoms with Crippen molar-refractivity contribution in [3.8, 4) is 0 Å².